The van der Waals surface area contributed by atoms with Crippen LogP contribution < -0.4 is 9.64 Å². The molecule has 172 valence electrons. The van der Waals surface area contributed by atoms with Crippen LogP contribution in [0.1, 0.15) is 49.2 Å². The minimum Gasteiger partial charge on any atom is -0.489 e. The van der Waals surface area contributed by atoms with Crippen molar-refractivity contribution in [2.45, 2.75) is 53.6 Å². The molecule has 1 fully saturated rings. The van der Waals surface area contributed by atoms with Gasteiger partial charge in [0.05, 0.1) is 5.69 Å². The maximum absolute atomic E-state index is 11.6. The molecule has 4 heteroatoms. The van der Waals surface area contributed by atoms with Crippen molar-refractivity contribution in [1.29, 1.82) is 0 Å². The number of hydrogen-bond donors (Lipinski definition) is 0. The van der Waals surface area contributed by atoms with Crippen LogP contribution in [0.2, 0.25) is 0 Å². The Bertz CT molecular complexity index is 1090. The van der Waals surface area contributed by atoms with Crippen LogP contribution in [0.15, 0.2) is 54.6 Å². The fourth-order valence-corrected chi connectivity index (χ4v) is 4.69. The second kappa shape index (κ2) is 9.78. The van der Waals surface area contributed by atoms with Crippen molar-refractivity contribution in [2.75, 3.05) is 18.0 Å². The van der Waals surface area contributed by atoms with Crippen LogP contribution in [0.5, 0.6) is 5.75 Å². The summed E-state index contributed by atoms with van der Waals surface area (Å²) in [6.07, 6.45) is 3.67. The predicted octanol–water partition coefficient (Wildman–Crippen LogP) is 6.31. The van der Waals surface area contributed by atoms with Crippen molar-refractivity contribution in [1.82, 2.24) is 4.98 Å². The third kappa shape index (κ3) is 5.27. The number of pyridine rings is 1. The van der Waals surface area contributed by atoms with Gasteiger partial charge in [0.15, 0.2) is 0 Å². The lowest BCUT2D eigenvalue weighted by molar-refractivity contribution is -0.107. The third-order valence-corrected chi connectivity index (χ3v) is 6.77. The lowest BCUT2D eigenvalue weighted by Crippen LogP contribution is -2.38. The fourth-order valence-electron chi connectivity index (χ4n) is 4.69. The lowest BCUT2D eigenvalue weighted by atomic mass is 9.82. The van der Waals surface area contributed by atoms with Crippen molar-refractivity contribution in [3.8, 4) is 16.9 Å². The third-order valence-electron chi connectivity index (χ3n) is 6.77. The Morgan fingerprint density at radius 1 is 0.970 bits per heavy atom. The average molecular weight is 443 g/mol. The number of nitrogens with zero attached hydrogens (tertiary/aromatic N) is 2. The summed E-state index contributed by atoms with van der Waals surface area (Å²) in [6, 6.07) is 18.5. The van der Waals surface area contributed by atoms with E-state index in [0.29, 0.717) is 18.4 Å². The van der Waals surface area contributed by atoms with E-state index in [1.54, 1.807) is 0 Å². The smallest absolute Gasteiger partial charge is 0.124 e. The zero-order chi connectivity index (χ0) is 23.4. The van der Waals surface area contributed by atoms with E-state index >= 15 is 0 Å². The minimum absolute atomic E-state index is 0.357. The summed E-state index contributed by atoms with van der Waals surface area (Å²) < 4.78 is 5.99. The van der Waals surface area contributed by atoms with Gasteiger partial charge in [-0.15, -0.1) is 0 Å². The number of ether oxygens (including phenoxy) is 1. The maximum atomic E-state index is 11.6. The molecule has 0 radical (unpaired) electrons. The Kier molecular flexibility index (Phi) is 6.83. The highest BCUT2D eigenvalue weighted by Crippen LogP contribution is 2.41. The molecule has 1 aliphatic heterocycles. The monoisotopic (exact) mass is 442 g/mol. The van der Waals surface area contributed by atoms with Gasteiger partial charge in [-0.2, -0.15) is 0 Å². The van der Waals surface area contributed by atoms with Crippen molar-refractivity contribution >= 4 is 12.0 Å². The van der Waals surface area contributed by atoms with E-state index in [1.807, 2.05) is 37.3 Å². The van der Waals surface area contributed by atoms with Gasteiger partial charge in [-0.25, -0.2) is 0 Å². The van der Waals surface area contributed by atoms with Gasteiger partial charge in [-0.3, -0.25) is 4.98 Å². The number of carbonyl (C=O) groups excluding carboxylic acids is 1. The molecule has 0 amide bonds. The van der Waals surface area contributed by atoms with E-state index in [0.717, 1.165) is 71.6 Å². The zero-order valence-electron chi connectivity index (χ0n) is 20.2. The van der Waals surface area contributed by atoms with E-state index in [9.17, 15) is 4.79 Å². The molecule has 33 heavy (non-hydrogen) atoms. The summed E-state index contributed by atoms with van der Waals surface area (Å²) in [5, 5.41) is 0. The molecule has 0 bridgehead atoms. The molecule has 2 heterocycles. The first-order chi connectivity index (χ1) is 15.9. The van der Waals surface area contributed by atoms with Gasteiger partial charge in [-0.05, 0) is 55.4 Å². The molecule has 3 aromatic rings. The lowest BCUT2D eigenvalue weighted by Gasteiger charge is -2.40. The number of benzene rings is 2. The van der Waals surface area contributed by atoms with Gasteiger partial charge in [0.2, 0.25) is 0 Å². The van der Waals surface area contributed by atoms with E-state index in [2.05, 4.69) is 49.9 Å². The summed E-state index contributed by atoms with van der Waals surface area (Å²) in [7, 11) is 0. The second-order valence-electron chi connectivity index (χ2n) is 9.81. The number of aldehydes is 1. The standard InChI is InChI=1S/C29H34N2O2/c1-21-26(14-19-32)28(31-17-15-29(3,4)16-18-31)27(22(2)30-21)24-10-12-25(13-11-24)33-20-23-8-6-5-7-9-23/h5-13,19H,14-18,20H2,1-4H3. The molecule has 2 aromatic carbocycles. The van der Waals surface area contributed by atoms with E-state index < -0.39 is 0 Å². The Balaban J connectivity index is 1.67. The largest absolute Gasteiger partial charge is 0.489 e. The van der Waals surface area contributed by atoms with E-state index in [-0.39, 0.29) is 0 Å². The SMILES string of the molecule is Cc1nc(C)c(-c2ccc(OCc3ccccc3)cc2)c(N2CCC(C)(C)CC2)c1CC=O. The summed E-state index contributed by atoms with van der Waals surface area (Å²) in [6.45, 7) is 11.3. The Labute approximate surface area is 197 Å². The minimum atomic E-state index is 0.357. The number of rotatable bonds is 7. The quantitative estimate of drug-likeness (QED) is 0.402. The molecule has 1 saturated heterocycles. The highest BCUT2D eigenvalue weighted by molar-refractivity contribution is 5.85. The van der Waals surface area contributed by atoms with Gasteiger partial charge in [-0.1, -0.05) is 56.3 Å². The van der Waals surface area contributed by atoms with Gasteiger partial charge in [0, 0.05) is 42.0 Å². The van der Waals surface area contributed by atoms with Crippen LogP contribution in [0.3, 0.4) is 0 Å². The number of aromatic nitrogens is 1. The zero-order valence-corrected chi connectivity index (χ0v) is 20.2. The molecular weight excluding hydrogens is 408 g/mol. The van der Waals surface area contributed by atoms with E-state index in [4.69, 9.17) is 9.72 Å². The predicted molar refractivity (Wildman–Crippen MR) is 135 cm³/mol. The summed E-state index contributed by atoms with van der Waals surface area (Å²) in [5.41, 5.74) is 7.93. The number of hydrogen-bond acceptors (Lipinski definition) is 4. The number of aryl methyl sites for hydroxylation is 2. The van der Waals surface area contributed by atoms with Crippen LogP contribution in [0, 0.1) is 19.3 Å². The summed E-state index contributed by atoms with van der Waals surface area (Å²) in [4.78, 5) is 18.9. The van der Waals surface area contributed by atoms with Crippen LogP contribution in [0.4, 0.5) is 5.69 Å². The molecule has 0 spiro atoms. The average Bonchev–Trinajstić information content (AvgIpc) is 2.81. The molecule has 1 aliphatic rings. The van der Waals surface area contributed by atoms with Gasteiger partial charge in [0.1, 0.15) is 18.6 Å². The van der Waals surface area contributed by atoms with Crippen LogP contribution >= 0.6 is 0 Å². The highest BCUT2D eigenvalue weighted by Gasteiger charge is 2.29. The molecular formula is C29H34N2O2. The molecule has 1 aromatic heterocycles. The normalized spacial score (nSPS) is 15.3. The van der Waals surface area contributed by atoms with Crippen molar-refractivity contribution in [3.05, 3.63) is 77.1 Å². The maximum Gasteiger partial charge on any atom is 0.124 e. The molecule has 4 rings (SSSR count). The van der Waals surface area contributed by atoms with Crippen LogP contribution in [0.25, 0.3) is 11.1 Å². The molecule has 4 nitrogen and oxygen atoms in total. The van der Waals surface area contributed by atoms with E-state index in [1.165, 1.54) is 5.69 Å². The van der Waals surface area contributed by atoms with Crippen molar-refractivity contribution in [2.24, 2.45) is 5.41 Å². The molecule has 0 unspecified atom stereocenters. The Morgan fingerprint density at radius 3 is 2.27 bits per heavy atom. The van der Waals surface area contributed by atoms with Crippen molar-refractivity contribution in [3.63, 3.8) is 0 Å². The first-order valence-electron chi connectivity index (χ1n) is 11.8. The van der Waals surface area contributed by atoms with Gasteiger partial charge >= 0.3 is 0 Å². The Morgan fingerprint density at radius 2 is 1.64 bits per heavy atom. The van der Waals surface area contributed by atoms with Gasteiger partial charge < -0.3 is 14.4 Å². The molecule has 0 atom stereocenters. The second-order valence-corrected chi connectivity index (χ2v) is 9.81. The summed E-state index contributed by atoms with van der Waals surface area (Å²) >= 11 is 0. The molecule has 0 N–H and O–H groups in total. The number of piperidine rings is 1. The van der Waals surface area contributed by atoms with Crippen molar-refractivity contribution < 1.29 is 9.53 Å². The number of carbonyl (C=O) groups is 1. The first kappa shape index (κ1) is 23.0. The molecule has 0 saturated carbocycles. The highest BCUT2D eigenvalue weighted by atomic mass is 16.5. The molecule has 0 aliphatic carbocycles. The van der Waals surface area contributed by atoms with Crippen LogP contribution in [-0.4, -0.2) is 24.4 Å². The first-order valence-corrected chi connectivity index (χ1v) is 11.8. The number of anilines is 1. The topological polar surface area (TPSA) is 42.4 Å². The van der Waals surface area contributed by atoms with Gasteiger partial charge in [0.25, 0.3) is 0 Å². The fraction of sp³-hybridized carbons (Fsp3) is 0.379. The summed E-state index contributed by atoms with van der Waals surface area (Å²) in [5.74, 6) is 0.842. The Hall–Kier alpha value is -3.14. The van der Waals surface area contributed by atoms with Crippen LogP contribution in [-0.2, 0) is 17.8 Å².